The van der Waals surface area contributed by atoms with Gasteiger partial charge < -0.3 is 5.11 Å². The molecule has 0 aliphatic carbocycles. The molecule has 0 radical (unpaired) electrons. The second kappa shape index (κ2) is 17.5. The molecule has 0 rings (SSSR count). The molecule has 0 unspecified atom stereocenters. The molecule has 0 aromatic rings. The number of hydrogen-bond donors (Lipinski definition) is 2. The number of carbonyl (C=O) groups is 1. The fourth-order valence-corrected chi connectivity index (χ4v) is 3.70. The van der Waals surface area contributed by atoms with E-state index in [1.165, 1.54) is 70.6 Å². The first-order valence-corrected chi connectivity index (χ1v) is 11.9. The van der Waals surface area contributed by atoms with Crippen LogP contribution in [0, 0.1) is 0 Å². The topological polar surface area (TPSA) is 83.5 Å². The third kappa shape index (κ3) is 19.4. The van der Waals surface area contributed by atoms with Crippen LogP contribution in [0.3, 0.4) is 0 Å². The van der Waals surface area contributed by atoms with Crippen molar-refractivity contribution in [3.8, 4) is 0 Å². The van der Waals surface area contributed by atoms with E-state index >= 15 is 0 Å². The second-order valence-corrected chi connectivity index (χ2v) is 8.64. The average molecular weight is 390 g/mol. The normalized spacial score (nSPS) is 12.0. The molecule has 0 aromatic heterocycles. The van der Waals surface area contributed by atoms with Crippen LogP contribution >= 0.6 is 0 Å². The summed E-state index contributed by atoms with van der Waals surface area (Å²) in [5, 5.41) is 9.62. The third-order valence-corrected chi connectivity index (χ3v) is 5.55. The van der Waals surface area contributed by atoms with Crippen molar-refractivity contribution < 1.29 is 18.3 Å². The van der Waals surface area contributed by atoms with Gasteiger partial charge in [0, 0.05) is 12.0 Å². The highest BCUT2D eigenvalue weighted by Crippen LogP contribution is 2.13. The molecule has 0 bridgehead atoms. The number of hydrogen-bond acceptors (Lipinski definition) is 3. The number of unbranched alkanes of at least 4 members (excludes halogenated alkanes) is 13. The maximum Gasteiger partial charge on any atom is 0.304 e. The summed E-state index contributed by atoms with van der Waals surface area (Å²) in [4.78, 5) is 10.3. The Bertz CT molecular complexity index is 460. The van der Waals surface area contributed by atoms with E-state index in [1.807, 2.05) is 0 Å². The Morgan fingerprint density at radius 1 is 0.846 bits per heavy atom. The lowest BCUT2D eigenvalue weighted by atomic mass is 10.0. The van der Waals surface area contributed by atoms with Crippen LogP contribution in [0.2, 0.25) is 0 Å². The number of carboxylic acids is 1. The van der Waals surface area contributed by atoms with Crippen LogP contribution in [0.4, 0.5) is 0 Å². The maximum atomic E-state index is 11.6. The van der Waals surface area contributed by atoms with E-state index < -0.39 is 16.0 Å². The minimum Gasteiger partial charge on any atom is -0.481 e. The van der Waals surface area contributed by atoms with Gasteiger partial charge in [0.05, 0.1) is 6.42 Å². The number of nitrogens with one attached hydrogen (secondary N) is 1. The minimum absolute atomic E-state index is 0.0687. The number of carboxylic acid groups (broad SMARTS) is 1. The van der Waals surface area contributed by atoms with Crippen molar-refractivity contribution in [2.45, 2.75) is 103 Å². The quantitative estimate of drug-likeness (QED) is 0.291. The molecule has 0 saturated heterocycles. The Morgan fingerprint density at radius 3 is 1.77 bits per heavy atom. The van der Waals surface area contributed by atoms with E-state index in [1.54, 1.807) is 6.08 Å². The number of aliphatic carboxylic acids is 1. The highest BCUT2D eigenvalue weighted by atomic mass is 32.2. The van der Waals surface area contributed by atoms with Crippen molar-refractivity contribution >= 4 is 16.0 Å². The molecule has 0 fully saturated rings. The molecule has 0 saturated carbocycles. The predicted molar refractivity (Wildman–Crippen MR) is 109 cm³/mol. The van der Waals surface area contributed by atoms with Crippen LogP contribution in [-0.4, -0.2) is 26.0 Å². The summed E-state index contributed by atoms with van der Waals surface area (Å²) < 4.78 is 25.4. The van der Waals surface area contributed by atoms with Crippen molar-refractivity contribution in [2.24, 2.45) is 0 Å². The first-order valence-electron chi connectivity index (χ1n) is 10.4. The molecule has 5 nitrogen and oxygen atoms in total. The van der Waals surface area contributed by atoms with E-state index in [9.17, 15) is 13.2 Å². The van der Waals surface area contributed by atoms with Crippen LogP contribution in [0.5, 0.6) is 0 Å². The molecule has 0 amide bonds. The van der Waals surface area contributed by atoms with Gasteiger partial charge in [0.2, 0.25) is 10.0 Å². The Morgan fingerprint density at radius 2 is 1.31 bits per heavy atom. The molecular weight excluding hydrogens is 350 g/mol. The van der Waals surface area contributed by atoms with Gasteiger partial charge in [-0.25, -0.2) is 13.1 Å². The zero-order valence-corrected chi connectivity index (χ0v) is 17.4. The molecule has 0 aliphatic heterocycles. The highest BCUT2D eigenvalue weighted by molar-refractivity contribution is 7.92. The molecular formula is C20H39NO4S. The Kier molecular flexibility index (Phi) is 16.9. The second-order valence-electron chi connectivity index (χ2n) is 6.99. The summed E-state index contributed by atoms with van der Waals surface area (Å²) in [6, 6.07) is 0. The van der Waals surface area contributed by atoms with Crippen molar-refractivity contribution in [1.82, 2.24) is 4.72 Å². The minimum atomic E-state index is -3.49. The van der Waals surface area contributed by atoms with Crippen molar-refractivity contribution in [3.05, 3.63) is 11.5 Å². The van der Waals surface area contributed by atoms with Gasteiger partial charge in [-0.2, -0.15) is 0 Å². The molecule has 6 heteroatoms. The summed E-state index contributed by atoms with van der Waals surface area (Å²) >= 11 is 0. The van der Waals surface area contributed by atoms with E-state index in [2.05, 4.69) is 11.6 Å². The first kappa shape index (κ1) is 25.1. The van der Waals surface area contributed by atoms with Gasteiger partial charge in [-0.05, 0) is 12.8 Å². The summed E-state index contributed by atoms with van der Waals surface area (Å²) in [5.74, 6) is -1.01. The number of rotatable bonds is 19. The van der Waals surface area contributed by atoms with Crippen LogP contribution in [0.1, 0.15) is 103 Å². The summed E-state index contributed by atoms with van der Waals surface area (Å²) in [6.07, 6.45) is 19.1. The van der Waals surface area contributed by atoms with Gasteiger partial charge >= 0.3 is 5.97 Å². The molecule has 0 aliphatic rings. The molecule has 0 spiro atoms. The zero-order valence-electron chi connectivity index (χ0n) is 16.5. The van der Waals surface area contributed by atoms with Crippen LogP contribution in [-0.2, 0) is 14.8 Å². The monoisotopic (exact) mass is 389 g/mol. The van der Waals surface area contributed by atoms with Crippen molar-refractivity contribution in [1.29, 1.82) is 0 Å². The summed E-state index contributed by atoms with van der Waals surface area (Å²) in [7, 11) is -3.49. The van der Waals surface area contributed by atoms with Gasteiger partial charge in [0.15, 0.2) is 0 Å². The zero-order chi connectivity index (χ0) is 19.5. The van der Waals surface area contributed by atoms with Gasteiger partial charge in [-0.15, -0.1) is 0 Å². The standard InChI is InChI=1S/C20H39NO4S/c1-2-3-4-5-6-7-8-9-10-11-12-13-14-15-16-19-26(24,25)21-18-17-20(22)23/h16,19,21H,2-15,17-18H2,1H3,(H,22,23)/b19-16+. The third-order valence-electron chi connectivity index (χ3n) is 4.39. The maximum absolute atomic E-state index is 11.6. The molecule has 0 atom stereocenters. The molecule has 2 N–H and O–H groups in total. The lowest BCUT2D eigenvalue weighted by molar-refractivity contribution is -0.136. The highest BCUT2D eigenvalue weighted by Gasteiger charge is 2.05. The molecule has 26 heavy (non-hydrogen) atoms. The van der Waals surface area contributed by atoms with E-state index in [-0.39, 0.29) is 13.0 Å². The summed E-state index contributed by atoms with van der Waals surface area (Å²) in [5.41, 5.74) is 0. The SMILES string of the molecule is CCCCCCCCCCCCCCC/C=C/S(=O)(=O)NCCC(=O)O. The van der Waals surface area contributed by atoms with Gasteiger partial charge in [-0.3, -0.25) is 4.79 Å². The smallest absolute Gasteiger partial charge is 0.304 e. The van der Waals surface area contributed by atoms with E-state index in [0.717, 1.165) is 24.7 Å². The van der Waals surface area contributed by atoms with Crippen LogP contribution in [0.15, 0.2) is 11.5 Å². The molecule has 154 valence electrons. The fourth-order valence-electron chi connectivity index (χ4n) is 2.82. The number of allylic oxidation sites excluding steroid dienone is 1. The predicted octanol–water partition coefficient (Wildman–Crippen LogP) is 5.38. The van der Waals surface area contributed by atoms with Gasteiger partial charge in [0.1, 0.15) is 0 Å². The van der Waals surface area contributed by atoms with Gasteiger partial charge in [0.25, 0.3) is 0 Å². The van der Waals surface area contributed by atoms with Crippen LogP contribution in [0.25, 0.3) is 0 Å². The van der Waals surface area contributed by atoms with Gasteiger partial charge in [-0.1, -0.05) is 90.0 Å². The Hall–Kier alpha value is -0.880. The van der Waals surface area contributed by atoms with Crippen molar-refractivity contribution in [2.75, 3.05) is 6.54 Å². The lowest BCUT2D eigenvalue weighted by Crippen LogP contribution is -2.24. The first-order chi connectivity index (χ1) is 12.5. The molecule has 0 heterocycles. The lowest BCUT2D eigenvalue weighted by Gasteiger charge is -2.02. The average Bonchev–Trinajstić information content (AvgIpc) is 2.57. The van der Waals surface area contributed by atoms with Crippen molar-refractivity contribution in [3.63, 3.8) is 0 Å². The largest absolute Gasteiger partial charge is 0.481 e. The van der Waals surface area contributed by atoms with E-state index in [4.69, 9.17) is 5.11 Å². The molecule has 0 aromatic carbocycles. The fraction of sp³-hybridized carbons (Fsp3) is 0.850. The Labute approximate surface area is 160 Å². The summed E-state index contributed by atoms with van der Waals surface area (Å²) in [6.45, 7) is 2.18. The number of sulfonamides is 1. The van der Waals surface area contributed by atoms with Crippen LogP contribution < -0.4 is 4.72 Å². The van der Waals surface area contributed by atoms with E-state index in [0.29, 0.717) is 0 Å². The Balaban J connectivity index is 3.38.